The molecular formula is C70H124O6. The van der Waals surface area contributed by atoms with Crippen molar-refractivity contribution >= 4 is 17.9 Å². The summed E-state index contributed by atoms with van der Waals surface area (Å²) < 4.78 is 17.0. The van der Waals surface area contributed by atoms with Gasteiger partial charge in [-0.15, -0.1) is 0 Å². The van der Waals surface area contributed by atoms with E-state index in [-0.39, 0.29) is 31.1 Å². The van der Waals surface area contributed by atoms with Crippen molar-refractivity contribution < 1.29 is 28.6 Å². The zero-order chi connectivity index (χ0) is 55.0. The second kappa shape index (κ2) is 64.4. The molecule has 0 aliphatic heterocycles. The molecule has 0 radical (unpaired) electrons. The Bertz CT molecular complexity index is 1400. The first-order chi connectivity index (χ1) is 37.5. The average molecular weight is 1060 g/mol. The van der Waals surface area contributed by atoms with Crippen LogP contribution in [0.3, 0.4) is 0 Å². The van der Waals surface area contributed by atoms with Crippen molar-refractivity contribution in [1.82, 2.24) is 0 Å². The van der Waals surface area contributed by atoms with E-state index < -0.39 is 6.10 Å². The lowest BCUT2D eigenvalue weighted by molar-refractivity contribution is -0.167. The van der Waals surface area contributed by atoms with Gasteiger partial charge in [-0.1, -0.05) is 293 Å². The molecule has 0 saturated heterocycles. The third kappa shape index (κ3) is 61.7. The van der Waals surface area contributed by atoms with Gasteiger partial charge in [-0.05, 0) is 96.3 Å². The summed E-state index contributed by atoms with van der Waals surface area (Å²) in [6.45, 7) is 6.63. The molecule has 0 aliphatic carbocycles. The molecule has 0 aromatic heterocycles. The Labute approximate surface area is 472 Å². The highest BCUT2D eigenvalue weighted by Crippen LogP contribution is 2.17. The number of hydrogen-bond donors (Lipinski definition) is 0. The molecular weight excluding hydrogens is 937 g/mol. The van der Waals surface area contributed by atoms with Crippen LogP contribution in [-0.4, -0.2) is 37.2 Å². The van der Waals surface area contributed by atoms with Gasteiger partial charge in [0.1, 0.15) is 13.2 Å². The predicted molar refractivity (Wildman–Crippen MR) is 330 cm³/mol. The zero-order valence-corrected chi connectivity index (χ0v) is 50.5. The van der Waals surface area contributed by atoms with E-state index in [9.17, 15) is 14.4 Å². The normalized spacial score (nSPS) is 12.5. The van der Waals surface area contributed by atoms with Crippen molar-refractivity contribution in [3.8, 4) is 0 Å². The van der Waals surface area contributed by atoms with Crippen LogP contribution in [0.1, 0.15) is 335 Å². The number of carbonyl (C=O) groups is 3. The minimum Gasteiger partial charge on any atom is -0.462 e. The van der Waals surface area contributed by atoms with Gasteiger partial charge >= 0.3 is 17.9 Å². The fourth-order valence-corrected chi connectivity index (χ4v) is 9.46. The standard InChI is InChI=1S/C70H124O6/c1-4-7-10-13-16-19-22-25-28-31-33-34-35-36-38-39-42-45-48-51-54-57-60-63-69(72)75-66-67(65-74-68(71)62-59-56-53-50-47-44-41-30-27-24-21-18-15-12-9-6-3)76-70(73)64-61-58-55-52-49-46-43-40-37-32-29-26-23-20-17-14-11-8-5-2/h17,20,22,25-26,29,31,33,35-37,40,67H,4-16,18-19,21,23-24,27-28,30,32,34,38-39,41-66H2,1-3H3/b20-17-,25-22-,29-26-,33-31-,36-35-,40-37-. The van der Waals surface area contributed by atoms with Crippen LogP contribution in [-0.2, 0) is 28.6 Å². The van der Waals surface area contributed by atoms with Gasteiger partial charge in [-0.3, -0.25) is 14.4 Å². The third-order valence-electron chi connectivity index (χ3n) is 14.4. The summed E-state index contributed by atoms with van der Waals surface area (Å²) in [7, 11) is 0. The highest BCUT2D eigenvalue weighted by Gasteiger charge is 2.19. The van der Waals surface area contributed by atoms with E-state index >= 15 is 0 Å². The van der Waals surface area contributed by atoms with E-state index in [0.717, 1.165) is 103 Å². The largest absolute Gasteiger partial charge is 0.462 e. The molecule has 0 aromatic carbocycles. The first-order valence-corrected chi connectivity index (χ1v) is 32.9. The highest BCUT2D eigenvalue weighted by atomic mass is 16.6. The second-order valence-electron chi connectivity index (χ2n) is 22.0. The summed E-state index contributed by atoms with van der Waals surface area (Å²) >= 11 is 0. The molecule has 0 bridgehead atoms. The van der Waals surface area contributed by atoms with Crippen LogP contribution < -0.4 is 0 Å². The van der Waals surface area contributed by atoms with Crippen LogP contribution in [0.2, 0.25) is 0 Å². The molecule has 76 heavy (non-hydrogen) atoms. The number of carbonyl (C=O) groups excluding carboxylic acids is 3. The topological polar surface area (TPSA) is 78.9 Å². The number of hydrogen-bond acceptors (Lipinski definition) is 6. The molecule has 0 heterocycles. The van der Waals surface area contributed by atoms with E-state index in [1.54, 1.807) is 0 Å². The minimum absolute atomic E-state index is 0.0803. The number of allylic oxidation sites excluding steroid dienone is 12. The van der Waals surface area contributed by atoms with Crippen molar-refractivity contribution in [2.75, 3.05) is 13.2 Å². The summed E-state index contributed by atoms with van der Waals surface area (Å²) in [5, 5.41) is 0. The fraction of sp³-hybridized carbons (Fsp3) is 0.786. The Morgan fingerprint density at radius 1 is 0.263 bits per heavy atom. The summed E-state index contributed by atoms with van der Waals surface area (Å²) in [6, 6.07) is 0. The Balaban J connectivity index is 4.38. The minimum atomic E-state index is -0.786. The maximum absolute atomic E-state index is 12.9. The van der Waals surface area contributed by atoms with Gasteiger partial charge in [0.15, 0.2) is 6.10 Å². The molecule has 6 nitrogen and oxygen atoms in total. The number of ether oxygens (including phenoxy) is 3. The molecule has 0 aromatic rings. The van der Waals surface area contributed by atoms with Crippen LogP contribution in [0.25, 0.3) is 0 Å². The molecule has 1 unspecified atom stereocenters. The van der Waals surface area contributed by atoms with Gasteiger partial charge in [0, 0.05) is 19.3 Å². The molecule has 440 valence electrons. The average Bonchev–Trinajstić information content (AvgIpc) is 3.42. The van der Waals surface area contributed by atoms with Crippen molar-refractivity contribution in [1.29, 1.82) is 0 Å². The lowest BCUT2D eigenvalue weighted by Crippen LogP contribution is -2.30. The molecule has 1 atom stereocenters. The monoisotopic (exact) mass is 1060 g/mol. The molecule has 0 saturated carbocycles. The maximum atomic E-state index is 12.9. The van der Waals surface area contributed by atoms with Gasteiger partial charge in [-0.2, -0.15) is 0 Å². The van der Waals surface area contributed by atoms with Crippen LogP contribution in [0, 0.1) is 0 Å². The Morgan fingerprint density at radius 3 is 0.763 bits per heavy atom. The summed E-state index contributed by atoms with van der Waals surface area (Å²) in [6.07, 6.45) is 83.3. The second-order valence-corrected chi connectivity index (χ2v) is 22.0. The fourth-order valence-electron chi connectivity index (χ4n) is 9.46. The van der Waals surface area contributed by atoms with Crippen molar-refractivity contribution in [3.63, 3.8) is 0 Å². The predicted octanol–water partition coefficient (Wildman–Crippen LogP) is 22.5. The van der Waals surface area contributed by atoms with Crippen LogP contribution in [0.4, 0.5) is 0 Å². The molecule has 0 fully saturated rings. The van der Waals surface area contributed by atoms with Crippen molar-refractivity contribution in [2.45, 2.75) is 341 Å². The van der Waals surface area contributed by atoms with Gasteiger partial charge in [0.25, 0.3) is 0 Å². The molecule has 0 aliphatic rings. The lowest BCUT2D eigenvalue weighted by atomic mass is 10.0. The summed E-state index contributed by atoms with van der Waals surface area (Å²) in [4.78, 5) is 38.4. The van der Waals surface area contributed by atoms with Gasteiger partial charge in [-0.25, -0.2) is 0 Å². The summed E-state index contributed by atoms with van der Waals surface area (Å²) in [5.74, 6) is -0.883. The van der Waals surface area contributed by atoms with E-state index in [4.69, 9.17) is 14.2 Å². The number of unbranched alkanes of at least 4 members (excludes halogenated alkanes) is 37. The number of rotatable bonds is 60. The van der Waals surface area contributed by atoms with E-state index in [1.165, 1.54) is 193 Å². The highest BCUT2D eigenvalue weighted by molar-refractivity contribution is 5.71. The van der Waals surface area contributed by atoms with Gasteiger partial charge in [0.05, 0.1) is 0 Å². The Morgan fingerprint density at radius 2 is 0.474 bits per heavy atom. The smallest absolute Gasteiger partial charge is 0.306 e. The lowest BCUT2D eigenvalue weighted by Gasteiger charge is -2.18. The molecule has 0 rings (SSSR count). The first kappa shape index (κ1) is 72.8. The Hall–Kier alpha value is -3.15. The molecule has 0 amide bonds. The van der Waals surface area contributed by atoms with Gasteiger partial charge < -0.3 is 14.2 Å². The molecule has 6 heteroatoms. The van der Waals surface area contributed by atoms with Crippen molar-refractivity contribution in [2.24, 2.45) is 0 Å². The Kier molecular flexibility index (Phi) is 61.7. The van der Waals surface area contributed by atoms with Crippen LogP contribution in [0.15, 0.2) is 72.9 Å². The quantitative estimate of drug-likeness (QED) is 0.0261. The molecule has 0 N–H and O–H groups in total. The van der Waals surface area contributed by atoms with Gasteiger partial charge in [0.2, 0.25) is 0 Å². The molecule has 0 spiro atoms. The van der Waals surface area contributed by atoms with E-state index in [0.29, 0.717) is 19.3 Å². The maximum Gasteiger partial charge on any atom is 0.306 e. The zero-order valence-electron chi connectivity index (χ0n) is 50.5. The van der Waals surface area contributed by atoms with E-state index in [1.807, 2.05) is 0 Å². The first-order valence-electron chi connectivity index (χ1n) is 32.9. The summed E-state index contributed by atoms with van der Waals surface area (Å²) in [5.41, 5.74) is 0. The number of esters is 3. The van der Waals surface area contributed by atoms with E-state index in [2.05, 4.69) is 93.7 Å². The van der Waals surface area contributed by atoms with Crippen molar-refractivity contribution in [3.05, 3.63) is 72.9 Å². The van der Waals surface area contributed by atoms with Crippen LogP contribution >= 0.6 is 0 Å². The third-order valence-corrected chi connectivity index (χ3v) is 14.4. The SMILES string of the molecule is CCCCC/C=C\C/C=C\C/C=C\CCCCCCCCC(=O)OC(COC(=O)CCCCCCCCCC/C=C\C/C=C\C/C=C\CCCCCCC)COC(=O)CCCCCCCCCCCCCCCCCC. The van der Waals surface area contributed by atoms with Crippen LogP contribution in [0.5, 0.6) is 0 Å².